The highest BCUT2D eigenvalue weighted by Crippen LogP contribution is 2.62. The molecule has 1 aromatic carbocycles. The SMILES string of the molecule is CCS(=O)(=O)[C@@H]1[C@H](c2ccc(F)cc2)[C@]1(C#N)COC. The van der Waals surface area contributed by atoms with Crippen LogP contribution < -0.4 is 0 Å². The number of hydrogen-bond acceptors (Lipinski definition) is 4. The largest absolute Gasteiger partial charge is 0.383 e. The Morgan fingerprint density at radius 3 is 2.45 bits per heavy atom. The predicted molar refractivity (Wildman–Crippen MR) is 72.3 cm³/mol. The third-order valence-electron chi connectivity index (χ3n) is 3.87. The molecule has 3 atom stereocenters. The van der Waals surface area contributed by atoms with Crippen molar-refractivity contribution >= 4 is 9.84 Å². The average molecular weight is 297 g/mol. The number of rotatable bonds is 5. The molecule has 0 aliphatic heterocycles. The van der Waals surface area contributed by atoms with E-state index in [-0.39, 0.29) is 12.4 Å². The molecule has 0 saturated heterocycles. The van der Waals surface area contributed by atoms with Gasteiger partial charge in [0.15, 0.2) is 9.84 Å². The summed E-state index contributed by atoms with van der Waals surface area (Å²) >= 11 is 0. The van der Waals surface area contributed by atoms with Crippen LogP contribution in [0.4, 0.5) is 4.39 Å². The van der Waals surface area contributed by atoms with Gasteiger partial charge in [0.25, 0.3) is 0 Å². The van der Waals surface area contributed by atoms with Crippen LogP contribution in [0.25, 0.3) is 0 Å². The monoisotopic (exact) mass is 297 g/mol. The number of sulfone groups is 1. The van der Waals surface area contributed by atoms with E-state index in [2.05, 4.69) is 6.07 Å². The molecule has 0 N–H and O–H groups in total. The highest BCUT2D eigenvalue weighted by Gasteiger charge is 2.71. The van der Waals surface area contributed by atoms with Gasteiger partial charge in [-0.15, -0.1) is 0 Å². The minimum atomic E-state index is -3.37. The van der Waals surface area contributed by atoms with Crippen LogP contribution in [-0.2, 0) is 14.6 Å². The van der Waals surface area contributed by atoms with E-state index in [0.29, 0.717) is 5.56 Å². The molecule has 0 radical (unpaired) electrons. The standard InChI is InChI=1S/C14H16FNO3S/c1-3-20(17,18)13-12(14(13,8-16)9-19-2)10-4-6-11(15)7-5-10/h4-7,12-13H,3,9H2,1-2H3/t12-,13+,14-/m0/s1. The van der Waals surface area contributed by atoms with Crippen molar-refractivity contribution in [1.82, 2.24) is 0 Å². The van der Waals surface area contributed by atoms with Crippen molar-refractivity contribution in [2.75, 3.05) is 19.5 Å². The van der Waals surface area contributed by atoms with Crippen LogP contribution in [0.3, 0.4) is 0 Å². The zero-order valence-electron chi connectivity index (χ0n) is 11.3. The van der Waals surface area contributed by atoms with Crippen molar-refractivity contribution in [2.24, 2.45) is 5.41 Å². The fraction of sp³-hybridized carbons (Fsp3) is 0.500. The van der Waals surface area contributed by atoms with E-state index in [4.69, 9.17) is 4.74 Å². The molecule has 0 heterocycles. The van der Waals surface area contributed by atoms with Gasteiger partial charge in [-0.05, 0) is 17.7 Å². The molecule has 0 bridgehead atoms. The molecule has 1 saturated carbocycles. The smallest absolute Gasteiger partial charge is 0.155 e. The fourth-order valence-electron chi connectivity index (χ4n) is 2.83. The molecule has 4 nitrogen and oxygen atoms in total. The predicted octanol–water partition coefficient (Wildman–Crippen LogP) is 1.88. The molecule has 108 valence electrons. The molecular formula is C14H16FNO3S. The summed E-state index contributed by atoms with van der Waals surface area (Å²) in [6.45, 7) is 1.61. The summed E-state index contributed by atoms with van der Waals surface area (Å²) in [5.41, 5.74) is -0.409. The molecule has 0 spiro atoms. The summed E-state index contributed by atoms with van der Waals surface area (Å²) in [5, 5.41) is 8.65. The molecule has 1 aliphatic carbocycles. The molecule has 2 rings (SSSR count). The first kappa shape index (κ1) is 14.9. The van der Waals surface area contributed by atoms with Crippen LogP contribution in [-0.4, -0.2) is 33.1 Å². The minimum absolute atomic E-state index is 0.0253. The Morgan fingerprint density at radius 1 is 1.40 bits per heavy atom. The highest BCUT2D eigenvalue weighted by atomic mass is 32.2. The van der Waals surface area contributed by atoms with Gasteiger partial charge in [0, 0.05) is 18.8 Å². The summed E-state index contributed by atoms with van der Waals surface area (Å²) < 4.78 is 42.4. The summed E-state index contributed by atoms with van der Waals surface area (Å²) in [6.07, 6.45) is 0. The molecular weight excluding hydrogens is 281 g/mol. The van der Waals surface area contributed by atoms with Crippen molar-refractivity contribution in [3.8, 4) is 6.07 Å². The third-order valence-corrected chi connectivity index (χ3v) is 6.14. The lowest BCUT2D eigenvalue weighted by atomic mass is 10.0. The Balaban J connectivity index is 2.45. The number of ether oxygens (including phenoxy) is 1. The zero-order valence-corrected chi connectivity index (χ0v) is 12.2. The van der Waals surface area contributed by atoms with Crippen LogP contribution >= 0.6 is 0 Å². The second-order valence-electron chi connectivity index (χ2n) is 4.99. The lowest BCUT2D eigenvalue weighted by Gasteiger charge is -2.07. The second kappa shape index (κ2) is 5.15. The zero-order chi connectivity index (χ0) is 15.0. The van der Waals surface area contributed by atoms with Gasteiger partial charge in [-0.3, -0.25) is 0 Å². The van der Waals surface area contributed by atoms with E-state index in [1.165, 1.54) is 31.4 Å². The van der Waals surface area contributed by atoms with Gasteiger partial charge in [-0.1, -0.05) is 19.1 Å². The average Bonchev–Trinajstić information content (AvgIpc) is 3.10. The molecule has 1 aromatic rings. The number of nitrogens with zero attached hydrogens (tertiary/aromatic N) is 1. The summed E-state index contributed by atoms with van der Waals surface area (Å²) in [5.74, 6) is -0.876. The number of methoxy groups -OCH3 is 1. The maximum Gasteiger partial charge on any atom is 0.155 e. The molecule has 1 fully saturated rings. The van der Waals surface area contributed by atoms with Crippen molar-refractivity contribution in [3.05, 3.63) is 35.6 Å². The van der Waals surface area contributed by atoms with Gasteiger partial charge < -0.3 is 4.74 Å². The van der Waals surface area contributed by atoms with Crippen molar-refractivity contribution in [1.29, 1.82) is 5.26 Å². The molecule has 1 aliphatic rings. The lowest BCUT2D eigenvalue weighted by molar-refractivity contribution is 0.162. The molecule has 0 aromatic heterocycles. The van der Waals surface area contributed by atoms with E-state index in [1.807, 2.05) is 0 Å². The van der Waals surface area contributed by atoms with Crippen molar-refractivity contribution < 1.29 is 17.5 Å². The van der Waals surface area contributed by atoms with Gasteiger partial charge in [0.2, 0.25) is 0 Å². The Morgan fingerprint density at radius 2 is 2.00 bits per heavy atom. The first-order valence-electron chi connectivity index (χ1n) is 6.30. The number of benzene rings is 1. The molecule has 0 amide bonds. The van der Waals surface area contributed by atoms with Gasteiger partial charge in [0.05, 0.1) is 17.9 Å². The molecule has 6 heteroatoms. The third kappa shape index (κ3) is 2.21. The van der Waals surface area contributed by atoms with Gasteiger partial charge >= 0.3 is 0 Å². The lowest BCUT2D eigenvalue weighted by Crippen LogP contribution is -2.20. The topological polar surface area (TPSA) is 67.2 Å². The second-order valence-corrected chi connectivity index (χ2v) is 7.40. The van der Waals surface area contributed by atoms with E-state index in [9.17, 15) is 18.1 Å². The first-order chi connectivity index (χ1) is 9.43. The number of nitriles is 1. The van der Waals surface area contributed by atoms with Crippen molar-refractivity contribution in [3.63, 3.8) is 0 Å². The maximum atomic E-state index is 13.0. The Kier molecular flexibility index (Phi) is 3.85. The Bertz CT molecular complexity index is 635. The maximum absolute atomic E-state index is 13.0. The van der Waals surface area contributed by atoms with Crippen LogP contribution in [0, 0.1) is 22.6 Å². The number of hydrogen-bond donors (Lipinski definition) is 0. The van der Waals surface area contributed by atoms with Gasteiger partial charge in [-0.2, -0.15) is 5.26 Å². The fourth-order valence-corrected chi connectivity index (χ4v) is 4.83. The Hall–Kier alpha value is -1.45. The Labute approximate surface area is 118 Å². The van der Waals surface area contributed by atoms with Crippen molar-refractivity contribution in [2.45, 2.75) is 18.1 Å². The van der Waals surface area contributed by atoms with E-state index in [0.717, 1.165) is 0 Å². The number of halogens is 1. The van der Waals surface area contributed by atoms with E-state index < -0.39 is 32.2 Å². The van der Waals surface area contributed by atoms with Gasteiger partial charge in [0.1, 0.15) is 11.2 Å². The van der Waals surface area contributed by atoms with Crippen LogP contribution in [0.15, 0.2) is 24.3 Å². The summed E-state index contributed by atoms with van der Waals surface area (Å²) in [6, 6.07) is 7.73. The quantitative estimate of drug-likeness (QED) is 0.832. The van der Waals surface area contributed by atoms with Gasteiger partial charge in [-0.25, -0.2) is 12.8 Å². The molecule has 20 heavy (non-hydrogen) atoms. The minimum Gasteiger partial charge on any atom is -0.383 e. The van der Waals surface area contributed by atoms with E-state index in [1.54, 1.807) is 6.92 Å². The van der Waals surface area contributed by atoms with Crippen LogP contribution in [0.5, 0.6) is 0 Å². The molecule has 0 unspecified atom stereocenters. The van der Waals surface area contributed by atoms with Crippen LogP contribution in [0.1, 0.15) is 18.4 Å². The summed E-state index contributed by atoms with van der Waals surface area (Å²) in [4.78, 5) is 0. The first-order valence-corrected chi connectivity index (χ1v) is 8.01. The van der Waals surface area contributed by atoms with Crippen LogP contribution in [0.2, 0.25) is 0 Å². The highest BCUT2D eigenvalue weighted by molar-refractivity contribution is 7.92. The van der Waals surface area contributed by atoms with E-state index >= 15 is 0 Å². The summed E-state index contributed by atoms with van der Waals surface area (Å²) in [7, 11) is -1.93. The normalized spacial score (nSPS) is 28.9.